The summed E-state index contributed by atoms with van der Waals surface area (Å²) in [4.78, 5) is 0. The Kier molecular flexibility index (Phi) is 2.46. The Balaban J connectivity index is 1.75. The van der Waals surface area contributed by atoms with E-state index in [2.05, 4.69) is 6.07 Å². The van der Waals surface area contributed by atoms with Gasteiger partial charge in [-0.2, -0.15) is 0 Å². The molecule has 1 aliphatic heterocycles. The molecule has 1 unspecified atom stereocenters. The normalized spacial score (nSPS) is 17.7. The monoisotopic (exact) mass is 266 g/mol. The van der Waals surface area contributed by atoms with Crippen molar-refractivity contribution in [1.29, 1.82) is 0 Å². The fraction of sp³-hybridized carbons (Fsp3) is 0.176. The highest BCUT2D eigenvalue weighted by Crippen LogP contribution is 2.40. The number of aryl methyl sites for hydroxylation is 1. The van der Waals surface area contributed by atoms with Crippen LogP contribution in [-0.4, -0.2) is 5.11 Å². The van der Waals surface area contributed by atoms with Crippen LogP contribution in [0, 0.1) is 0 Å². The molecule has 3 nitrogen and oxygen atoms in total. The molecule has 1 aliphatic rings. The molecule has 0 fully saturated rings. The lowest BCUT2D eigenvalue weighted by Gasteiger charge is -2.26. The predicted molar refractivity (Wildman–Crippen MR) is 76.0 cm³/mol. The van der Waals surface area contributed by atoms with Crippen LogP contribution in [-0.2, 0) is 6.42 Å². The number of benzene rings is 2. The number of hydrogen-bond acceptors (Lipinski definition) is 3. The maximum atomic E-state index is 9.37. The Labute approximate surface area is 116 Å². The topological polar surface area (TPSA) is 42.6 Å². The van der Waals surface area contributed by atoms with Crippen LogP contribution in [0.4, 0.5) is 0 Å². The zero-order valence-electron chi connectivity index (χ0n) is 10.9. The van der Waals surface area contributed by atoms with Crippen LogP contribution in [0.2, 0.25) is 0 Å². The number of rotatable bonds is 1. The van der Waals surface area contributed by atoms with Gasteiger partial charge in [0.15, 0.2) is 0 Å². The third-order valence-electron chi connectivity index (χ3n) is 3.87. The van der Waals surface area contributed by atoms with E-state index in [1.165, 1.54) is 5.56 Å². The Morgan fingerprint density at radius 3 is 2.70 bits per heavy atom. The van der Waals surface area contributed by atoms with E-state index in [0.717, 1.165) is 35.1 Å². The molecule has 1 aromatic heterocycles. The third-order valence-corrected chi connectivity index (χ3v) is 3.87. The van der Waals surface area contributed by atoms with Gasteiger partial charge in [0.05, 0.1) is 11.6 Å². The van der Waals surface area contributed by atoms with Gasteiger partial charge in [0.1, 0.15) is 23.2 Å². The Bertz CT molecular complexity index is 756. The molecular weight excluding hydrogens is 252 g/mol. The van der Waals surface area contributed by atoms with Crippen molar-refractivity contribution < 1.29 is 14.3 Å². The van der Waals surface area contributed by atoms with Gasteiger partial charge in [-0.25, -0.2) is 0 Å². The van der Waals surface area contributed by atoms with Crippen LogP contribution in [0.15, 0.2) is 53.1 Å². The minimum Gasteiger partial charge on any atom is -0.508 e. The van der Waals surface area contributed by atoms with Crippen molar-refractivity contribution in [2.45, 2.75) is 18.9 Å². The van der Waals surface area contributed by atoms with Crippen molar-refractivity contribution in [2.75, 3.05) is 0 Å². The maximum Gasteiger partial charge on any atom is 0.137 e. The highest BCUT2D eigenvalue weighted by Gasteiger charge is 2.23. The first-order valence-corrected chi connectivity index (χ1v) is 6.76. The van der Waals surface area contributed by atoms with Crippen molar-refractivity contribution >= 4 is 11.0 Å². The molecule has 0 radical (unpaired) electrons. The van der Waals surface area contributed by atoms with E-state index in [4.69, 9.17) is 9.15 Å². The highest BCUT2D eigenvalue weighted by molar-refractivity contribution is 5.85. The van der Waals surface area contributed by atoms with Crippen molar-refractivity contribution in [3.05, 3.63) is 59.9 Å². The number of hydrogen-bond donors (Lipinski definition) is 1. The predicted octanol–water partition coefficient (Wildman–Crippen LogP) is 4.20. The second-order valence-corrected chi connectivity index (χ2v) is 5.12. The van der Waals surface area contributed by atoms with Gasteiger partial charge in [-0.15, -0.1) is 0 Å². The molecule has 1 atom stereocenters. The van der Waals surface area contributed by atoms with Gasteiger partial charge in [-0.05, 0) is 48.2 Å². The van der Waals surface area contributed by atoms with Gasteiger partial charge in [0.25, 0.3) is 0 Å². The summed E-state index contributed by atoms with van der Waals surface area (Å²) in [6.45, 7) is 0. The molecule has 2 aromatic carbocycles. The van der Waals surface area contributed by atoms with Crippen molar-refractivity contribution in [1.82, 2.24) is 0 Å². The second kappa shape index (κ2) is 4.30. The van der Waals surface area contributed by atoms with Gasteiger partial charge < -0.3 is 14.3 Å². The zero-order valence-corrected chi connectivity index (χ0v) is 10.9. The van der Waals surface area contributed by atoms with Crippen molar-refractivity contribution in [3.63, 3.8) is 0 Å². The summed E-state index contributed by atoms with van der Waals surface area (Å²) in [5, 5.41) is 10.4. The molecule has 0 amide bonds. The highest BCUT2D eigenvalue weighted by atomic mass is 16.5. The van der Waals surface area contributed by atoms with Crippen LogP contribution in [0.1, 0.15) is 23.7 Å². The summed E-state index contributed by atoms with van der Waals surface area (Å²) < 4.78 is 11.6. The molecule has 3 aromatic rings. The zero-order chi connectivity index (χ0) is 13.5. The lowest BCUT2D eigenvalue weighted by molar-refractivity contribution is 0.179. The summed E-state index contributed by atoms with van der Waals surface area (Å²) in [6.07, 6.45) is 3.66. The summed E-state index contributed by atoms with van der Waals surface area (Å²) >= 11 is 0. The van der Waals surface area contributed by atoms with Gasteiger partial charge in [-0.3, -0.25) is 0 Å². The van der Waals surface area contributed by atoms with Crippen LogP contribution >= 0.6 is 0 Å². The van der Waals surface area contributed by atoms with Gasteiger partial charge in [0, 0.05) is 0 Å². The lowest BCUT2D eigenvalue weighted by Crippen LogP contribution is -2.15. The first-order chi connectivity index (χ1) is 9.81. The average Bonchev–Trinajstić information content (AvgIpc) is 2.96. The van der Waals surface area contributed by atoms with E-state index in [9.17, 15) is 5.11 Å². The number of ether oxygens (including phenoxy) is 1. The van der Waals surface area contributed by atoms with E-state index in [-0.39, 0.29) is 11.9 Å². The molecule has 0 spiro atoms. The molecule has 4 rings (SSSR count). The average molecular weight is 266 g/mol. The molecule has 2 heterocycles. The van der Waals surface area contributed by atoms with Crippen molar-refractivity contribution in [3.8, 4) is 11.5 Å². The lowest BCUT2D eigenvalue weighted by atomic mass is 9.96. The Morgan fingerprint density at radius 1 is 1.00 bits per heavy atom. The minimum atomic E-state index is 0.0311. The summed E-state index contributed by atoms with van der Waals surface area (Å²) in [7, 11) is 0. The number of furan rings is 1. The first-order valence-electron chi connectivity index (χ1n) is 6.76. The third kappa shape index (κ3) is 1.74. The van der Waals surface area contributed by atoms with E-state index in [1.807, 2.05) is 24.3 Å². The van der Waals surface area contributed by atoms with E-state index >= 15 is 0 Å². The molecule has 0 bridgehead atoms. The molecule has 0 saturated carbocycles. The Hall–Kier alpha value is -2.42. The Morgan fingerprint density at radius 2 is 1.85 bits per heavy atom. The first kappa shape index (κ1) is 11.4. The smallest absolute Gasteiger partial charge is 0.137 e. The summed E-state index contributed by atoms with van der Waals surface area (Å²) in [6, 6.07) is 13.3. The quantitative estimate of drug-likeness (QED) is 0.717. The largest absolute Gasteiger partial charge is 0.508 e. The molecule has 3 heteroatoms. The number of aromatic hydroxyl groups is 1. The molecule has 100 valence electrons. The van der Waals surface area contributed by atoms with Gasteiger partial charge in [-0.1, -0.05) is 18.2 Å². The van der Waals surface area contributed by atoms with Gasteiger partial charge >= 0.3 is 0 Å². The van der Waals surface area contributed by atoms with Gasteiger partial charge in [0.2, 0.25) is 0 Å². The molecule has 0 saturated heterocycles. The molecule has 1 N–H and O–H groups in total. The summed E-state index contributed by atoms with van der Waals surface area (Å²) in [5.74, 6) is 1.21. The van der Waals surface area contributed by atoms with Crippen molar-refractivity contribution in [2.24, 2.45) is 0 Å². The minimum absolute atomic E-state index is 0.0311. The van der Waals surface area contributed by atoms with E-state index in [1.54, 1.807) is 18.4 Å². The molecule has 20 heavy (non-hydrogen) atoms. The fourth-order valence-electron chi connectivity index (χ4n) is 2.81. The van der Waals surface area contributed by atoms with Crippen LogP contribution in [0.25, 0.3) is 11.0 Å². The molecular formula is C17H14O3. The van der Waals surface area contributed by atoms with Crippen LogP contribution in [0.3, 0.4) is 0 Å². The van der Waals surface area contributed by atoms with Crippen LogP contribution in [0.5, 0.6) is 11.5 Å². The SMILES string of the molecule is Oc1ccc(C2CCc3ccc4occc4c3O2)cc1. The maximum absolute atomic E-state index is 9.37. The van der Waals surface area contributed by atoms with E-state index < -0.39 is 0 Å². The molecule has 0 aliphatic carbocycles. The van der Waals surface area contributed by atoms with E-state index in [0.29, 0.717) is 0 Å². The standard InChI is InChI=1S/C17H14O3/c18-13-5-1-11(2-6-13)15-7-3-12-4-8-16-14(9-10-19-16)17(12)20-15/h1-2,4-6,8-10,15,18H,3,7H2. The fourth-order valence-corrected chi connectivity index (χ4v) is 2.81. The number of fused-ring (bicyclic) bond motifs is 3. The second-order valence-electron chi connectivity index (χ2n) is 5.12. The van der Waals surface area contributed by atoms with Crippen LogP contribution < -0.4 is 4.74 Å². The summed E-state index contributed by atoms with van der Waals surface area (Å²) in [5.41, 5.74) is 3.18. The number of phenols is 1. The number of phenolic OH excluding ortho intramolecular Hbond substituents is 1.